The number of H-pyrrole nitrogens is 1. The first-order chi connectivity index (χ1) is 16.1. The van der Waals surface area contributed by atoms with Crippen LogP contribution in [-0.4, -0.2) is 35.6 Å². The number of hydrogen-bond donors (Lipinski definition) is 2. The summed E-state index contributed by atoms with van der Waals surface area (Å²) in [6.45, 7) is 4.74. The molecule has 0 aliphatic heterocycles. The summed E-state index contributed by atoms with van der Waals surface area (Å²) >= 11 is 5.63. The highest BCUT2D eigenvalue weighted by atomic mass is 35.5. The van der Waals surface area contributed by atoms with Gasteiger partial charge in [-0.25, -0.2) is 27.7 Å². The molecule has 0 saturated heterocycles. The van der Waals surface area contributed by atoms with Crippen molar-refractivity contribution >= 4 is 27.4 Å². The van der Waals surface area contributed by atoms with Crippen LogP contribution in [-0.2, 0) is 10.0 Å². The normalized spacial score (nSPS) is 14.1. The minimum atomic E-state index is -5.36. The van der Waals surface area contributed by atoms with Crippen LogP contribution in [0.5, 0.6) is 0 Å². The predicted molar refractivity (Wildman–Crippen MR) is 114 cm³/mol. The molecule has 2 aromatic heterocycles. The molecule has 0 bridgehead atoms. The molecule has 0 amide bonds. The van der Waals surface area contributed by atoms with Gasteiger partial charge in [-0.3, -0.25) is 4.79 Å². The average Bonchev–Trinajstić information content (AvgIpc) is 3.20. The minimum absolute atomic E-state index is 0.0837. The van der Waals surface area contributed by atoms with E-state index in [1.54, 1.807) is 13.8 Å². The van der Waals surface area contributed by atoms with E-state index in [1.165, 1.54) is 19.1 Å². The van der Waals surface area contributed by atoms with Crippen molar-refractivity contribution in [1.29, 1.82) is 0 Å². The number of rotatable bonds is 7. The summed E-state index contributed by atoms with van der Waals surface area (Å²) in [5.74, 6) is -5.64. The Morgan fingerprint density at radius 3 is 2.43 bits per heavy atom. The number of Topliss-reactive ketones (excluding diaryl/α,β-unsaturated/α-hetero) is 1. The molecule has 2 heterocycles. The lowest BCUT2D eigenvalue weighted by molar-refractivity contribution is -0.0888. The molecule has 3 aromatic rings. The number of carbonyl (C=O) groups excluding carboxylic acids is 1. The molecule has 15 heteroatoms. The first kappa shape index (κ1) is 26.5. The van der Waals surface area contributed by atoms with Gasteiger partial charge in [-0.15, -0.1) is 5.10 Å². The first-order valence-corrected chi connectivity index (χ1v) is 11.6. The van der Waals surface area contributed by atoms with Crippen LogP contribution in [0, 0.1) is 19.7 Å². The van der Waals surface area contributed by atoms with Gasteiger partial charge in [-0.1, -0.05) is 24.6 Å². The van der Waals surface area contributed by atoms with Crippen LogP contribution >= 0.6 is 11.6 Å². The molecule has 35 heavy (non-hydrogen) atoms. The summed E-state index contributed by atoms with van der Waals surface area (Å²) in [4.78, 5) is 26.4. The lowest BCUT2D eigenvalue weighted by Gasteiger charge is -2.25. The van der Waals surface area contributed by atoms with Gasteiger partial charge >= 0.3 is 11.9 Å². The van der Waals surface area contributed by atoms with E-state index in [0.29, 0.717) is 11.1 Å². The summed E-state index contributed by atoms with van der Waals surface area (Å²) in [5, 5.41) is 3.89. The number of alkyl halides is 3. The number of aromatic nitrogens is 3. The van der Waals surface area contributed by atoms with Crippen LogP contribution in [0.3, 0.4) is 0 Å². The average molecular weight is 537 g/mol. The molecule has 0 saturated carbocycles. The fourth-order valence-electron chi connectivity index (χ4n) is 3.37. The quantitative estimate of drug-likeness (QED) is 0.347. The van der Waals surface area contributed by atoms with Crippen molar-refractivity contribution in [3.05, 3.63) is 73.9 Å². The van der Waals surface area contributed by atoms with Crippen LogP contribution in [0.4, 0.5) is 17.6 Å². The molecule has 0 spiro atoms. The van der Waals surface area contributed by atoms with Crippen molar-refractivity contribution < 1.29 is 35.2 Å². The topological polar surface area (TPSA) is 135 Å². The van der Waals surface area contributed by atoms with Gasteiger partial charge in [0.15, 0.2) is 5.03 Å². The number of ketones is 1. The van der Waals surface area contributed by atoms with Crippen molar-refractivity contribution in [2.24, 2.45) is 0 Å². The summed E-state index contributed by atoms with van der Waals surface area (Å²) in [6.07, 6.45) is -5.36. The van der Waals surface area contributed by atoms with E-state index in [9.17, 15) is 35.6 Å². The van der Waals surface area contributed by atoms with Crippen LogP contribution in [0.1, 0.15) is 52.0 Å². The largest absolute Gasteiger partial charge is 0.456 e. The van der Waals surface area contributed by atoms with E-state index in [1.807, 2.05) is 5.10 Å². The lowest BCUT2D eigenvalue weighted by atomic mass is 9.88. The SMILES string of the molecule is Cc1ccc(F)c(C(C)C(NS(=O)(=O)c2ccc(Cl)c(C(=O)C(F)(F)F)n2)c2n[nH]c(=O)o2)c1C. The van der Waals surface area contributed by atoms with E-state index in [2.05, 4.69) is 14.8 Å². The zero-order valence-corrected chi connectivity index (χ0v) is 19.8. The maximum atomic E-state index is 14.7. The van der Waals surface area contributed by atoms with Gasteiger partial charge in [-0.05, 0) is 48.7 Å². The molecule has 3 rings (SSSR count). The highest BCUT2D eigenvalue weighted by molar-refractivity contribution is 7.89. The van der Waals surface area contributed by atoms with Crippen molar-refractivity contribution in [2.75, 3.05) is 0 Å². The fourth-order valence-corrected chi connectivity index (χ4v) is 4.78. The number of hydrogen-bond acceptors (Lipinski definition) is 7. The Labute approximate surface area is 200 Å². The van der Waals surface area contributed by atoms with Crippen molar-refractivity contribution in [1.82, 2.24) is 19.9 Å². The Balaban J connectivity index is 2.10. The maximum Gasteiger partial charge on any atom is 0.456 e. The van der Waals surface area contributed by atoms with Crippen molar-refractivity contribution in [3.8, 4) is 0 Å². The Hall–Kier alpha value is -3.10. The second-order valence-electron chi connectivity index (χ2n) is 7.55. The van der Waals surface area contributed by atoms with Gasteiger partial charge in [0.05, 0.1) is 5.02 Å². The van der Waals surface area contributed by atoms with Crippen molar-refractivity contribution in [3.63, 3.8) is 0 Å². The van der Waals surface area contributed by atoms with Gasteiger partial charge in [-0.2, -0.15) is 17.9 Å². The van der Waals surface area contributed by atoms with Crippen molar-refractivity contribution in [2.45, 2.75) is 43.9 Å². The van der Waals surface area contributed by atoms with E-state index in [4.69, 9.17) is 16.0 Å². The van der Waals surface area contributed by atoms with Crippen LogP contribution in [0.25, 0.3) is 0 Å². The second-order valence-corrected chi connectivity index (χ2v) is 9.62. The molecule has 0 radical (unpaired) electrons. The Bertz CT molecular complexity index is 1450. The zero-order valence-electron chi connectivity index (χ0n) is 18.2. The van der Waals surface area contributed by atoms with Gasteiger partial charge in [0.25, 0.3) is 15.8 Å². The second kappa shape index (κ2) is 9.51. The summed E-state index contributed by atoms with van der Waals surface area (Å²) in [7, 11) is -4.78. The molecule has 0 aliphatic carbocycles. The van der Waals surface area contributed by atoms with Crippen LogP contribution in [0.2, 0.25) is 5.02 Å². The van der Waals surface area contributed by atoms with E-state index >= 15 is 0 Å². The number of halogens is 5. The van der Waals surface area contributed by atoms with E-state index < -0.39 is 67.1 Å². The minimum Gasteiger partial charge on any atom is -0.391 e. The number of sulfonamides is 1. The van der Waals surface area contributed by atoms with E-state index in [0.717, 1.165) is 12.1 Å². The highest BCUT2D eigenvalue weighted by Gasteiger charge is 2.42. The van der Waals surface area contributed by atoms with Gasteiger partial charge in [0.2, 0.25) is 5.89 Å². The molecule has 1 aromatic carbocycles. The Kier molecular flexibility index (Phi) is 7.20. The maximum absolute atomic E-state index is 14.7. The van der Waals surface area contributed by atoms with E-state index in [-0.39, 0.29) is 5.56 Å². The number of aryl methyl sites for hydroxylation is 1. The Morgan fingerprint density at radius 2 is 1.86 bits per heavy atom. The monoisotopic (exact) mass is 536 g/mol. The van der Waals surface area contributed by atoms with Gasteiger partial charge < -0.3 is 4.42 Å². The number of aromatic amines is 1. The molecule has 0 fully saturated rings. The smallest absolute Gasteiger partial charge is 0.391 e. The number of nitrogens with one attached hydrogen (secondary N) is 2. The molecular formula is C20H17ClF4N4O5S. The molecule has 2 atom stereocenters. The first-order valence-electron chi connectivity index (χ1n) is 9.75. The molecule has 2 unspecified atom stereocenters. The third-order valence-electron chi connectivity index (χ3n) is 5.26. The summed E-state index contributed by atoms with van der Waals surface area (Å²) in [6, 6.07) is 2.73. The Morgan fingerprint density at radius 1 is 1.20 bits per heavy atom. The standard InChI is InChI=1S/C20H17ClF4N4O5S/c1-8-4-6-12(22)14(9(8)2)10(3)15(18-27-28-19(31)34-18)29-35(32,33)13-7-5-11(21)16(26-13)17(30)20(23,24)25/h4-7,10,15,29H,1-3H3,(H,28,31). The summed E-state index contributed by atoms with van der Waals surface area (Å²) in [5.41, 5.74) is -0.0610. The number of pyridine rings is 1. The lowest BCUT2D eigenvalue weighted by Crippen LogP contribution is -2.34. The fraction of sp³-hybridized carbons (Fsp3) is 0.300. The molecule has 188 valence electrons. The molecule has 2 N–H and O–H groups in total. The highest BCUT2D eigenvalue weighted by Crippen LogP contribution is 2.35. The molecule has 9 nitrogen and oxygen atoms in total. The predicted octanol–water partition coefficient (Wildman–Crippen LogP) is 3.74. The summed E-state index contributed by atoms with van der Waals surface area (Å²) < 4.78 is 86.5. The van der Waals surface area contributed by atoms with Gasteiger partial charge in [0, 0.05) is 5.92 Å². The van der Waals surface area contributed by atoms with Crippen LogP contribution in [0.15, 0.2) is 38.5 Å². The number of carbonyl (C=O) groups is 1. The van der Waals surface area contributed by atoms with Gasteiger partial charge in [0.1, 0.15) is 17.6 Å². The third kappa shape index (κ3) is 5.44. The molecular weight excluding hydrogens is 520 g/mol. The zero-order chi connectivity index (χ0) is 26.3. The van der Waals surface area contributed by atoms with Crippen LogP contribution < -0.4 is 10.5 Å². The third-order valence-corrected chi connectivity index (χ3v) is 6.91. The number of benzene rings is 1. The number of nitrogens with zero attached hydrogens (tertiary/aromatic N) is 2. The molecule has 0 aliphatic rings.